The molecule has 0 unspecified atom stereocenters. The summed E-state index contributed by atoms with van der Waals surface area (Å²) in [5, 5.41) is 0. The van der Waals surface area contributed by atoms with Gasteiger partial charge in [-0.05, 0) is 37.8 Å². The van der Waals surface area contributed by atoms with Gasteiger partial charge >= 0.3 is 0 Å². The van der Waals surface area contributed by atoms with Crippen molar-refractivity contribution in [3.05, 3.63) is 41.9 Å². The lowest BCUT2D eigenvalue weighted by Crippen LogP contribution is -1.96. The molecule has 61 valence electrons. The van der Waals surface area contributed by atoms with Gasteiger partial charge in [0.25, 0.3) is 0 Å². The molecule has 1 saturated carbocycles. The Labute approximate surface area is 73.8 Å². The smallest absolute Gasteiger partial charge is 0.0481 e. The largest absolute Gasteiger partial charge is 0.260 e. The topological polar surface area (TPSA) is 12.9 Å². The third-order valence-electron chi connectivity index (χ3n) is 2.16. The molecule has 12 heavy (non-hydrogen) atoms. The first-order valence-electron chi connectivity index (χ1n) is 4.39. The van der Waals surface area contributed by atoms with Crippen molar-refractivity contribution in [2.75, 3.05) is 0 Å². The van der Waals surface area contributed by atoms with Crippen molar-refractivity contribution in [3.8, 4) is 0 Å². The van der Waals surface area contributed by atoms with Crippen LogP contribution >= 0.6 is 0 Å². The second-order valence-electron chi connectivity index (χ2n) is 3.23. The van der Waals surface area contributed by atoms with Crippen LogP contribution in [-0.4, -0.2) is 4.98 Å². The fourth-order valence-electron chi connectivity index (χ4n) is 1.46. The minimum atomic E-state index is 1.10. The molecule has 1 aromatic heterocycles. The second-order valence-corrected chi connectivity index (χ2v) is 3.23. The minimum Gasteiger partial charge on any atom is -0.260 e. The first-order valence-corrected chi connectivity index (χ1v) is 4.39. The van der Waals surface area contributed by atoms with Crippen molar-refractivity contribution in [1.82, 2.24) is 4.98 Å². The fourth-order valence-corrected chi connectivity index (χ4v) is 1.46. The number of hydrogen-bond acceptors (Lipinski definition) is 1. The standard InChI is InChI=1S/C11H12N/c1-9-6-7-11(12-8-9)10-4-2-3-5-10/h6-8H,2-4H2,1H3. The third kappa shape index (κ3) is 1.50. The normalized spacial score (nSPS) is 18.4. The maximum absolute atomic E-state index is 4.36. The van der Waals surface area contributed by atoms with Crippen LogP contribution in [0.1, 0.15) is 30.5 Å². The Morgan fingerprint density at radius 1 is 1.42 bits per heavy atom. The van der Waals surface area contributed by atoms with Crippen molar-refractivity contribution >= 4 is 0 Å². The van der Waals surface area contributed by atoms with Gasteiger partial charge in [0.2, 0.25) is 0 Å². The third-order valence-corrected chi connectivity index (χ3v) is 2.16. The van der Waals surface area contributed by atoms with Gasteiger partial charge in [0.05, 0.1) is 0 Å². The molecule has 1 fully saturated rings. The van der Waals surface area contributed by atoms with Crippen LogP contribution in [0.2, 0.25) is 0 Å². The molecule has 0 atom stereocenters. The van der Waals surface area contributed by atoms with E-state index in [-0.39, 0.29) is 0 Å². The van der Waals surface area contributed by atoms with Gasteiger partial charge in [-0.3, -0.25) is 4.98 Å². The Balaban J connectivity index is 2.17. The molecule has 1 heterocycles. The zero-order valence-corrected chi connectivity index (χ0v) is 7.30. The quantitative estimate of drug-likeness (QED) is 0.612. The summed E-state index contributed by atoms with van der Waals surface area (Å²) >= 11 is 0. The summed E-state index contributed by atoms with van der Waals surface area (Å²) in [5.74, 6) is 1.30. The van der Waals surface area contributed by atoms with E-state index in [1.165, 1.54) is 17.9 Å². The van der Waals surface area contributed by atoms with Gasteiger partial charge in [0, 0.05) is 17.8 Å². The molecular formula is C11H12N. The van der Waals surface area contributed by atoms with Crippen LogP contribution in [0.5, 0.6) is 0 Å². The number of aryl methyl sites for hydroxylation is 1. The van der Waals surface area contributed by atoms with E-state index in [1.807, 2.05) is 6.20 Å². The highest BCUT2D eigenvalue weighted by Gasteiger charge is 2.19. The second kappa shape index (κ2) is 3.26. The van der Waals surface area contributed by atoms with E-state index < -0.39 is 0 Å². The Bertz CT molecular complexity index is 244. The van der Waals surface area contributed by atoms with E-state index in [0.29, 0.717) is 0 Å². The van der Waals surface area contributed by atoms with Gasteiger partial charge in [0.15, 0.2) is 0 Å². The number of rotatable bonds is 1. The van der Waals surface area contributed by atoms with E-state index >= 15 is 0 Å². The first-order chi connectivity index (χ1) is 5.86. The molecule has 0 spiro atoms. The summed E-state index contributed by atoms with van der Waals surface area (Å²) in [7, 11) is 0. The highest BCUT2D eigenvalue weighted by atomic mass is 14.7. The molecule has 0 amide bonds. The summed E-state index contributed by atoms with van der Waals surface area (Å²) in [6, 6.07) is 4.19. The molecule has 1 aliphatic rings. The van der Waals surface area contributed by atoms with Crippen LogP contribution < -0.4 is 0 Å². The van der Waals surface area contributed by atoms with Crippen molar-refractivity contribution in [2.24, 2.45) is 0 Å². The molecule has 0 saturated heterocycles. The van der Waals surface area contributed by atoms with E-state index in [4.69, 9.17) is 0 Å². The zero-order chi connectivity index (χ0) is 8.39. The van der Waals surface area contributed by atoms with Crippen LogP contribution in [0.15, 0.2) is 18.3 Å². The van der Waals surface area contributed by atoms with Crippen molar-refractivity contribution < 1.29 is 0 Å². The lowest BCUT2D eigenvalue weighted by atomic mass is 10.0. The molecule has 1 heteroatoms. The Morgan fingerprint density at radius 3 is 2.92 bits per heavy atom. The Morgan fingerprint density at radius 2 is 2.33 bits per heavy atom. The van der Waals surface area contributed by atoms with Crippen molar-refractivity contribution in [3.63, 3.8) is 0 Å². The zero-order valence-electron chi connectivity index (χ0n) is 7.30. The number of nitrogens with zero attached hydrogens (tertiary/aromatic N) is 1. The van der Waals surface area contributed by atoms with Crippen molar-refractivity contribution in [1.29, 1.82) is 0 Å². The maximum Gasteiger partial charge on any atom is 0.0481 e. The predicted molar refractivity (Wildman–Crippen MR) is 48.4 cm³/mol. The molecule has 1 nitrogen and oxygen atoms in total. The highest BCUT2D eigenvalue weighted by Crippen LogP contribution is 2.30. The minimum absolute atomic E-state index is 1.10. The summed E-state index contributed by atoms with van der Waals surface area (Å²) in [6.45, 7) is 2.06. The lowest BCUT2D eigenvalue weighted by molar-refractivity contribution is 0.899. The monoisotopic (exact) mass is 158 g/mol. The van der Waals surface area contributed by atoms with Gasteiger partial charge in [0.1, 0.15) is 0 Å². The number of hydrogen-bond donors (Lipinski definition) is 0. The summed E-state index contributed by atoms with van der Waals surface area (Å²) in [6.07, 6.45) is 8.76. The molecule has 3 radical (unpaired) electrons. The van der Waals surface area contributed by atoms with Gasteiger partial charge in [-0.25, -0.2) is 0 Å². The van der Waals surface area contributed by atoms with E-state index in [1.54, 1.807) is 0 Å². The Kier molecular flexibility index (Phi) is 2.11. The van der Waals surface area contributed by atoms with E-state index in [9.17, 15) is 0 Å². The highest BCUT2D eigenvalue weighted by molar-refractivity contribution is 5.32. The summed E-state index contributed by atoms with van der Waals surface area (Å²) in [4.78, 5) is 4.36. The molecule has 0 bridgehead atoms. The van der Waals surface area contributed by atoms with Crippen molar-refractivity contribution in [2.45, 2.75) is 26.2 Å². The molecule has 2 rings (SSSR count). The van der Waals surface area contributed by atoms with Crippen LogP contribution in [-0.2, 0) is 0 Å². The van der Waals surface area contributed by atoms with Crippen LogP contribution in [0.4, 0.5) is 0 Å². The predicted octanol–water partition coefficient (Wildman–Crippen LogP) is 2.58. The molecule has 1 aliphatic carbocycles. The van der Waals surface area contributed by atoms with Crippen LogP contribution in [0.25, 0.3) is 0 Å². The average Bonchev–Trinajstić information content (AvgIpc) is 2.58. The SMILES string of the molecule is Cc1ccc([C]2[C]CCC2)nc1. The van der Waals surface area contributed by atoms with E-state index in [2.05, 4.69) is 30.5 Å². The first kappa shape index (κ1) is 7.78. The molecular weight excluding hydrogens is 146 g/mol. The maximum atomic E-state index is 4.36. The summed E-state index contributed by atoms with van der Waals surface area (Å²) < 4.78 is 0. The van der Waals surface area contributed by atoms with Gasteiger partial charge in [-0.1, -0.05) is 12.5 Å². The number of aromatic nitrogens is 1. The van der Waals surface area contributed by atoms with Gasteiger partial charge in [-0.15, -0.1) is 0 Å². The summed E-state index contributed by atoms with van der Waals surface area (Å²) in [5.41, 5.74) is 2.33. The van der Waals surface area contributed by atoms with Gasteiger partial charge in [-0.2, -0.15) is 0 Å². The Hall–Kier alpha value is -0.850. The molecule has 0 aliphatic heterocycles. The lowest BCUT2D eigenvalue weighted by Gasteiger charge is -2.05. The van der Waals surface area contributed by atoms with E-state index in [0.717, 1.165) is 18.5 Å². The molecule has 1 aromatic rings. The van der Waals surface area contributed by atoms with Gasteiger partial charge < -0.3 is 0 Å². The van der Waals surface area contributed by atoms with Crippen LogP contribution in [0.3, 0.4) is 0 Å². The molecule has 0 aromatic carbocycles. The average molecular weight is 158 g/mol. The fraction of sp³-hybridized carbons (Fsp3) is 0.364. The van der Waals surface area contributed by atoms with Crippen LogP contribution in [0, 0.1) is 19.3 Å². The number of pyridine rings is 1. The molecule has 0 N–H and O–H groups in total.